The smallest absolute Gasteiger partial charge is 0.135 e. The molecule has 0 aliphatic carbocycles. The second kappa shape index (κ2) is 8.75. The summed E-state index contributed by atoms with van der Waals surface area (Å²) >= 11 is 3.28. The molecule has 3 N–H and O–H groups in total. The van der Waals surface area contributed by atoms with Gasteiger partial charge in [0.25, 0.3) is 0 Å². The van der Waals surface area contributed by atoms with Crippen molar-refractivity contribution in [2.75, 3.05) is 23.9 Å². The van der Waals surface area contributed by atoms with Crippen LogP contribution in [0.2, 0.25) is 0 Å². The predicted molar refractivity (Wildman–Crippen MR) is 108 cm³/mol. The van der Waals surface area contributed by atoms with Crippen molar-refractivity contribution in [1.82, 2.24) is 14.7 Å². The van der Waals surface area contributed by atoms with Crippen LogP contribution in [0.4, 0.5) is 23.0 Å². The van der Waals surface area contributed by atoms with E-state index in [0.717, 1.165) is 27.9 Å². The van der Waals surface area contributed by atoms with Gasteiger partial charge in [0.15, 0.2) is 0 Å². The molecule has 0 spiro atoms. The second-order valence-electron chi connectivity index (χ2n) is 5.10. The summed E-state index contributed by atoms with van der Waals surface area (Å²) in [6.07, 6.45) is 3.61. The minimum atomic E-state index is 0.741. The standard InChI is InChI=1S/C18H19N5S2/c1-19-25-16-8-4-6-14(10-16)23-18-11-17(20-12-21-18)22-13-5-3-7-15(9-13)24-2/h3-12,19H,1-2H3,(H2,20,21,22,23). The molecule has 0 aliphatic heterocycles. The molecule has 0 amide bonds. The molecule has 0 atom stereocenters. The van der Waals surface area contributed by atoms with E-state index in [1.165, 1.54) is 4.90 Å². The maximum atomic E-state index is 4.30. The highest BCUT2D eigenvalue weighted by Gasteiger charge is 2.02. The van der Waals surface area contributed by atoms with Crippen LogP contribution in [-0.2, 0) is 0 Å². The summed E-state index contributed by atoms with van der Waals surface area (Å²) in [6.45, 7) is 0. The number of hydrogen-bond acceptors (Lipinski definition) is 7. The summed E-state index contributed by atoms with van der Waals surface area (Å²) in [5.41, 5.74) is 1.98. The third-order valence-electron chi connectivity index (χ3n) is 3.34. The molecule has 3 aromatic rings. The summed E-state index contributed by atoms with van der Waals surface area (Å²) in [5.74, 6) is 1.49. The molecule has 0 aliphatic rings. The quantitative estimate of drug-likeness (QED) is 0.404. The van der Waals surface area contributed by atoms with Gasteiger partial charge in [0.1, 0.15) is 18.0 Å². The molecular weight excluding hydrogens is 350 g/mol. The SMILES string of the molecule is CNSc1cccc(Nc2cc(Nc3cccc(SC)c3)ncn2)c1. The number of aromatic nitrogens is 2. The van der Waals surface area contributed by atoms with Crippen LogP contribution in [0.3, 0.4) is 0 Å². The van der Waals surface area contributed by atoms with Crippen LogP contribution in [0.15, 0.2) is 70.7 Å². The molecule has 25 heavy (non-hydrogen) atoms. The zero-order valence-corrected chi connectivity index (χ0v) is 15.6. The number of hydrogen-bond donors (Lipinski definition) is 3. The first-order valence-corrected chi connectivity index (χ1v) is 9.75. The van der Waals surface area contributed by atoms with Gasteiger partial charge >= 0.3 is 0 Å². The van der Waals surface area contributed by atoms with E-state index in [4.69, 9.17) is 0 Å². The van der Waals surface area contributed by atoms with E-state index in [0.29, 0.717) is 0 Å². The minimum Gasteiger partial charge on any atom is -0.340 e. The second-order valence-corrected chi connectivity index (χ2v) is 7.07. The third-order valence-corrected chi connectivity index (χ3v) is 4.75. The molecule has 0 radical (unpaired) electrons. The van der Waals surface area contributed by atoms with Gasteiger partial charge in [0.05, 0.1) is 0 Å². The molecule has 1 heterocycles. The summed E-state index contributed by atoms with van der Waals surface area (Å²) in [6, 6.07) is 18.3. The van der Waals surface area contributed by atoms with Gasteiger partial charge in [-0.2, -0.15) is 0 Å². The lowest BCUT2D eigenvalue weighted by molar-refractivity contribution is 1.16. The van der Waals surface area contributed by atoms with Crippen molar-refractivity contribution in [3.63, 3.8) is 0 Å². The van der Waals surface area contributed by atoms with Crippen LogP contribution in [0.5, 0.6) is 0 Å². The lowest BCUT2D eigenvalue weighted by Crippen LogP contribution is -1.99. The van der Waals surface area contributed by atoms with Crippen molar-refractivity contribution < 1.29 is 0 Å². The van der Waals surface area contributed by atoms with E-state index in [-0.39, 0.29) is 0 Å². The fourth-order valence-corrected chi connectivity index (χ4v) is 3.27. The highest BCUT2D eigenvalue weighted by atomic mass is 32.2. The molecule has 0 bridgehead atoms. The zero-order valence-electron chi connectivity index (χ0n) is 14.0. The fraction of sp³-hybridized carbons (Fsp3) is 0.111. The van der Waals surface area contributed by atoms with E-state index < -0.39 is 0 Å². The Bertz CT molecular complexity index is 841. The Labute approximate surface area is 156 Å². The van der Waals surface area contributed by atoms with Crippen molar-refractivity contribution in [3.8, 4) is 0 Å². The lowest BCUT2D eigenvalue weighted by Gasteiger charge is -2.10. The summed E-state index contributed by atoms with van der Waals surface area (Å²) in [7, 11) is 1.90. The Morgan fingerprint density at radius 3 is 2.00 bits per heavy atom. The van der Waals surface area contributed by atoms with E-state index in [9.17, 15) is 0 Å². The van der Waals surface area contributed by atoms with Crippen LogP contribution in [0.25, 0.3) is 0 Å². The molecular formula is C18H19N5S2. The van der Waals surface area contributed by atoms with Crippen molar-refractivity contribution in [2.45, 2.75) is 9.79 Å². The fourth-order valence-electron chi connectivity index (χ4n) is 2.25. The van der Waals surface area contributed by atoms with Crippen LogP contribution in [0.1, 0.15) is 0 Å². The largest absolute Gasteiger partial charge is 0.340 e. The topological polar surface area (TPSA) is 61.9 Å². The molecule has 0 unspecified atom stereocenters. The lowest BCUT2D eigenvalue weighted by atomic mass is 10.3. The van der Waals surface area contributed by atoms with Gasteiger partial charge in [-0.25, -0.2) is 9.97 Å². The van der Waals surface area contributed by atoms with Crippen LogP contribution in [0, 0.1) is 0 Å². The first kappa shape index (κ1) is 17.6. The van der Waals surface area contributed by atoms with Gasteiger partial charge in [-0.05, 0) is 61.6 Å². The van der Waals surface area contributed by atoms with Gasteiger partial charge in [-0.1, -0.05) is 12.1 Å². The Morgan fingerprint density at radius 1 is 0.800 bits per heavy atom. The van der Waals surface area contributed by atoms with E-state index in [2.05, 4.69) is 55.8 Å². The molecule has 3 rings (SSSR count). The highest BCUT2D eigenvalue weighted by molar-refractivity contribution is 7.98. The van der Waals surface area contributed by atoms with Crippen LogP contribution in [-0.4, -0.2) is 23.3 Å². The van der Waals surface area contributed by atoms with Crippen LogP contribution >= 0.6 is 23.7 Å². The van der Waals surface area contributed by atoms with Gasteiger partial charge in [-0.3, -0.25) is 4.72 Å². The first-order valence-electron chi connectivity index (χ1n) is 7.70. The average molecular weight is 370 g/mol. The number of nitrogens with zero attached hydrogens (tertiary/aromatic N) is 2. The Hall–Kier alpha value is -2.22. The van der Waals surface area contributed by atoms with Crippen molar-refractivity contribution in [1.29, 1.82) is 0 Å². The molecule has 1 aromatic heterocycles. The Balaban J connectivity index is 1.74. The Kier molecular flexibility index (Phi) is 6.16. The number of benzene rings is 2. The number of thioether (sulfide) groups is 1. The van der Waals surface area contributed by atoms with Crippen molar-refractivity contribution in [3.05, 3.63) is 60.9 Å². The summed E-state index contributed by atoms with van der Waals surface area (Å²) in [4.78, 5) is 10.9. The Morgan fingerprint density at radius 2 is 1.40 bits per heavy atom. The predicted octanol–water partition coefficient (Wildman–Crippen LogP) is 4.91. The van der Waals surface area contributed by atoms with Gasteiger partial charge in [0.2, 0.25) is 0 Å². The molecule has 2 aromatic carbocycles. The van der Waals surface area contributed by atoms with E-state index in [1.807, 2.05) is 37.4 Å². The average Bonchev–Trinajstić information content (AvgIpc) is 2.63. The molecule has 0 fully saturated rings. The van der Waals surface area contributed by atoms with Crippen molar-refractivity contribution in [2.24, 2.45) is 0 Å². The normalized spacial score (nSPS) is 10.5. The summed E-state index contributed by atoms with van der Waals surface area (Å²) < 4.78 is 3.07. The number of nitrogens with one attached hydrogen (secondary N) is 3. The third kappa shape index (κ3) is 5.12. The van der Waals surface area contributed by atoms with Gasteiger partial charge in [-0.15, -0.1) is 11.8 Å². The first-order chi connectivity index (χ1) is 12.3. The maximum Gasteiger partial charge on any atom is 0.135 e. The maximum absolute atomic E-state index is 4.30. The monoisotopic (exact) mass is 369 g/mol. The zero-order chi connectivity index (χ0) is 17.5. The molecule has 7 heteroatoms. The van der Waals surface area contributed by atoms with E-state index in [1.54, 1.807) is 30.0 Å². The van der Waals surface area contributed by atoms with Gasteiger partial charge < -0.3 is 10.6 Å². The number of anilines is 4. The minimum absolute atomic E-state index is 0.741. The molecule has 5 nitrogen and oxygen atoms in total. The molecule has 128 valence electrons. The summed E-state index contributed by atoms with van der Waals surface area (Å²) in [5, 5.41) is 6.63. The van der Waals surface area contributed by atoms with Crippen molar-refractivity contribution >= 4 is 46.7 Å². The number of rotatable bonds is 7. The van der Waals surface area contributed by atoms with E-state index >= 15 is 0 Å². The highest BCUT2D eigenvalue weighted by Crippen LogP contribution is 2.24. The molecule has 0 saturated heterocycles. The molecule has 0 saturated carbocycles. The van der Waals surface area contributed by atoms with Gasteiger partial charge in [0, 0.05) is 27.2 Å². The van der Waals surface area contributed by atoms with Crippen LogP contribution < -0.4 is 15.4 Å².